The number of esters is 1. The molecule has 26 heteroatoms. The van der Waals surface area contributed by atoms with Crippen molar-refractivity contribution in [3.63, 3.8) is 0 Å². The number of allylic oxidation sites excluding steroid dienone is 1. The summed E-state index contributed by atoms with van der Waals surface area (Å²) in [6.45, 7) is 17.1. The van der Waals surface area contributed by atoms with E-state index < -0.39 is 190 Å². The SMILES string of the molecule is C=C(C)[C@@H]1CC[C@]2(C(=O)O[C@@H]3O[C@H](CO[C@@H]4O[C@H](CO)[C@@H](O[C@@H]5O[C@@H](C)[C@H](O)[C@@H](O)[C@H]5O)[C@@H](O)[C@H]4O)[C@@H](O)[C@H](O)[C@H]3O)CC[C@]3(C)[C@H](CC[C@@H]4[C@@]5(C)CC[C@H](O[C@@H]6OC[C@H](O)[C@H](O)[C@H]6O[C@@H]6O[C@H](CO)[C@H](O)[C@H](O)[C@H]6O)C(C)(C)[C@@H]5CC[C@]43C)[C@H]12. The van der Waals surface area contributed by atoms with E-state index in [1.165, 1.54) is 6.92 Å². The highest BCUT2D eigenvalue weighted by molar-refractivity contribution is 5.78. The molecule has 5 saturated carbocycles. The Labute approximate surface area is 494 Å². The van der Waals surface area contributed by atoms with Gasteiger partial charge >= 0.3 is 5.97 Å². The van der Waals surface area contributed by atoms with E-state index in [1.54, 1.807) is 0 Å². The number of carbonyl (C=O) groups excluding carboxylic acids is 1. The predicted octanol–water partition coefficient (Wildman–Crippen LogP) is -2.69. The molecule has 10 rings (SSSR count). The lowest BCUT2D eigenvalue weighted by Crippen LogP contribution is -2.68. The third-order valence-corrected chi connectivity index (χ3v) is 23.5. The van der Waals surface area contributed by atoms with Gasteiger partial charge in [0, 0.05) is 0 Å². The summed E-state index contributed by atoms with van der Waals surface area (Å²) in [5, 5.41) is 161. The molecule has 5 heterocycles. The van der Waals surface area contributed by atoms with Crippen LogP contribution in [0.3, 0.4) is 0 Å². The molecule has 0 bridgehead atoms. The number of hydrogen-bond acceptors (Lipinski definition) is 26. The molecule has 5 saturated heterocycles. The van der Waals surface area contributed by atoms with Crippen LogP contribution in [0.5, 0.6) is 0 Å². The molecule has 0 amide bonds. The fourth-order valence-electron chi connectivity index (χ4n) is 18.4. The van der Waals surface area contributed by atoms with Gasteiger partial charge in [0.2, 0.25) is 6.29 Å². The molecule has 0 spiro atoms. The normalized spacial score (nSPS) is 55.1. The quantitative estimate of drug-likeness (QED) is 0.0478. The zero-order valence-electron chi connectivity index (χ0n) is 49.6. The third kappa shape index (κ3) is 11.0. The Kier molecular flexibility index (Phi) is 19.2. The predicted molar refractivity (Wildman–Crippen MR) is 288 cm³/mol. The van der Waals surface area contributed by atoms with Crippen LogP contribution >= 0.6 is 0 Å². The number of hydrogen-bond donors (Lipinski definition) is 15. The average Bonchev–Trinajstić information content (AvgIpc) is 1.60. The minimum Gasteiger partial charge on any atom is -0.432 e. The second-order valence-corrected chi connectivity index (χ2v) is 28.1. The van der Waals surface area contributed by atoms with E-state index >= 15 is 4.79 Å². The Morgan fingerprint density at radius 3 is 1.78 bits per heavy atom. The van der Waals surface area contributed by atoms with Crippen LogP contribution in [0.4, 0.5) is 0 Å². The summed E-state index contributed by atoms with van der Waals surface area (Å²) in [5.74, 6) is -0.362. The van der Waals surface area contributed by atoms with Crippen molar-refractivity contribution in [2.24, 2.45) is 56.7 Å². The van der Waals surface area contributed by atoms with Crippen molar-refractivity contribution in [1.82, 2.24) is 0 Å². The van der Waals surface area contributed by atoms with Crippen LogP contribution in [0.2, 0.25) is 0 Å². The van der Waals surface area contributed by atoms with Gasteiger partial charge in [-0.2, -0.15) is 0 Å². The topological polar surface area (TPSA) is 413 Å². The fraction of sp³-hybridized carbons (Fsp3) is 0.949. The Balaban J connectivity index is 0.812. The molecule has 10 aliphatic rings. The van der Waals surface area contributed by atoms with Crippen molar-refractivity contribution in [3.8, 4) is 0 Å². The first-order chi connectivity index (χ1) is 39.9. The summed E-state index contributed by atoms with van der Waals surface area (Å²) in [5.41, 5.74) is -1.14. The van der Waals surface area contributed by atoms with Crippen molar-refractivity contribution in [3.05, 3.63) is 12.2 Å². The van der Waals surface area contributed by atoms with Crippen LogP contribution in [0.25, 0.3) is 0 Å². The van der Waals surface area contributed by atoms with Gasteiger partial charge in [-0.1, -0.05) is 46.8 Å². The van der Waals surface area contributed by atoms with Crippen LogP contribution in [-0.2, 0) is 52.2 Å². The number of carbonyl (C=O) groups is 1. The molecule has 10 fully saturated rings. The molecule has 488 valence electrons. The molecule has 5 aliphatic heterocycles. The van der Waals surface area contributed by atoms with Crippen LogP contribution in [0.1, 0.15) is 113 Å². The Hall–Kier alpha value is -1.75. The minimum absolute atomic E-state index is 0.0370. The first-order valence-corrected chi connectivity index (χ1v) is 30.7. The summed E-state index contributed by atoms with van der Waals surface area (Å²) in [6.07, 6.45) is -31.5. The number of rotatable bonds is 14. The number of aliphatic hydroxyl groups excluding tert-OH is 15. The van der Waals surface area contributed by atoms with E-state index in [4.69, 9.17) is 47.4 Å². The van der Waals surface area contributed by atoms with Crippen LogP contribution < -0.4 is 0 Å². The van der Waals surface area contributed by atoms with Gasteiger partial charge in [-0.3, -0.25) is 4.79 Å². The van der Waals surface area contributed by atoms with E-state index in [9.17, 15) is 76.6 Å². The molecule has 0 radical (unpaired) electrons. The summed E-state index contributed by atoms with van der Waals surface area (Å²) < 4.78 is 59.4. The van der Waals surface area contributed by atoms with Gasteiger partial charge < -0.3 is 124 Å². The maximum absolute atomic E-state index is 15.2. The van der Waals surface area contributed by atoms with E-state index in [-0.39, 0.29) is 52.4 Å². The Morgan fingerprint density at radius 2 is 1.12 bits per heavy atom. The van der Waals surface area contributed by atoms with E-state index in [1.807, 2.05) is 6.92 Å². The van der Waals surface area contributed by atoms with Crippen molar-refractivity contribution in [1.29, 1.82) is 0 Å². The second-order valence-electron chi connectivity index (χ2n) is 28.1. The van der Waals surface area contributed by atoms with Gasteiger partial charge in [0.1, 0.15) is 110 Å². The number of aliphatic hydroxyl groups is 15. The van der Waals surface area contributed by atoms with Gasteiger partial charge in [-0.15, -0.1) is 0 Å². The van der Waals surface area contributed by atoms with Crippen molar-refractivity contribution < 1.29 is 129 Å². The molecule has 0 unspecified atom stereocenters. The van der Waals surface area contributed by atoms with Gasteiger partial charge in [-0.05, 0) is 129 Å². The van der Waals surface area contributed by atoms with E-state index in [0.29, 0.717) is 32.1 Å². The summed E-state index contributed by atoms with van der Waals surface area (Å²) >= 11 is 0. The smallest absolute Gasteiger partial charge is 0.314 e. The van der Waals surface area contributed by atoms with Crippen molar-refractivity contribution >= 4 is 5.97 Å². The van der Waals surface area contributed by atoms with Gasteiger partial charge in [0.15, 0.2) is 25.2 Å². The largest absolute Gasteiger partial charge is 0.432 e. The van der Waals surface area contributed by atoms with Crippen molar-refractivity contribution in [2.45, 2.75) is 266 Å². The van der Waals surface area contributed by atoms with Gasteiger partial charge in [-0.25, -0.2) is 0 Å². The Bertz CT molecular complexity index is 2330. The lowest BCUT2D eigenvalue weighted by molar-refractivity contribution is -0.367. The summed E-state index contributed by atoms with van der Waals surface area (Å²) in [7, 11) is 0. The molecule has 0 aromatic heterocycles. The van der Waals surface area contributed by atoms with Crippen LogP contribution in [0.15, 0.2) is 12.2 Å². The highest BCUT2D eigenvalue weighted by Gasteiger charge is 2.73. The maximum atomic E-state index is 15.2. The molecule has 85 heavy (non-hydrogen) atoms. The number of fused-ring (bicyclic) bond motifs is 7. The Morgan fingerprint density at radius 1 is 0.529 bits per heavy atom. The summed E-state index contributed by atoms with van der Waals surface area (Å²) in [6, 6.07) is 0. The molecule has 0 aromatic carbocycles. The molecular formula is C59H96O26. The zero-order chi connectivity index (χ0) is 61.9. The lowest BCUT2D eigenvalue weighted by atomic mass is 9.32. The van der Waals surface area contributed by atoms with Crippen LogP contribution in [0, 0.1) is 56.7 Å². The first-order valence-electron chi connectivity index (χ1n) is 30.7. The maximum Gasteiger partial charge on any atom is 0.314 e. The highest BCUT2D eigenvalue weighted by Crippen LogP contribution is 2.78. The molecule has 5 aliphatic carbocycles. The summed E-state index contributed by atoms with van der Waals surface area (Å²) in [4.78, 5) is 15.2. The second kappa shape index (κ2) is 24.7. The van der Waals surface area contributed by atoms with Crippen LogP contribution in [-0.4, -0.2) is 263 Å². The molecule has 26 nitrogen and oxygen atoms in total. The van der Waals surface area contributed by atoms with Gasteiger partial charge in [0.25, 0.3) is 0 Å². The van der Waals surface area contributed by atoms with Gasteiger partial charge in [0.05, 0.1) is 44.1 Å². The molecule has 15 N–H and O–H groups in total. The molecule has 0 aromatic rings. The lowest BCUT2D eigenvalue weighted by Gasteiger charge is -2.73. The highest BCUT2D eigenvalue weighted by atomic mass is 16.8. The average molecular weight is 1220 g/mol. The monoisotopic (exact) mass is 1220 g/mol. The standard InChI is InChI=1S/C59H96O26/c1-23(2)25-11-16-59(54(75)85-52-45(73)41(69)38(66)30(81-52)22-77-49-46(74)42(70)47(29(20-61)80-49)83-50-43(71)39(67)35(63)24(3)78-50)18-17-57(7)26(34(25)59)9-10-32-56(6)14-13-33(55(4,5)31(56)12-15-58(32,57)8)82-53-48(36(64)27(62)21-76-53)84-51-44(72)40(68)37(65)28(19-60)79-51/h24-53,60-74H,1,9-22H2,2-8H3/t24-,25-,26+,27-,28+,29+,30+,31-,32+,33-,34-,35-,36-,37-,38+,39+,40-,41-,42-,43+,44+,45+,46+,47+,48+,49+,50-,51-,52-,53-,56-,57+,58+,59-/m0/s1. The molecular weight excluding hydrogens is 1120 g/mol. The zero-order valence-corrected chi connectivity index (χ0v) is 49.6. The third-order valence-electron chi connectivity index (χ3n) is 23.5. The first kappa shape index (κ1) is 66.2. The van der Waals surface area contributed by atoms with Crippen molar-refractivity contribution in [2.75, 3.05) is 26.4 Å². The molecule has 34 atom stereocenters. The van der Waals surface area contributed by atoms with E-state index in [2.05, 4.69) is 41.2 Å². The van der Waals surface area contributed by atoms with E-state index in [0.717, 1.165) is 37.7 Å². The number of ether oxygens (including phenoxy) is 10. The minimum atomic E-state index is -1.89. The fourth-order valence-corrected chi connectivity index (χ4v) is 18.4.